The van der Waals surface area contributed by atoms with Crippen LogP contribution in [0.2, 0.25) is 0 Å². The van der Waals surface area contributed by atoms with Crippen LogP contribution in [0, 0.1) is 11.8 Å². The summed E-state index contributed by atoms with van der Waals surface area (Å²) in [5.74, 6) is 1.42. The number of hydrogen-bond donors (Lipinski definition) is 0. The summed E-state index contributed by atoms with van der Waals surface area (Å²) < 4.78 is 0. The molecule has 3 atom stereocenters. The van der Waals surface area contributed by atoms with Crippen molar-refractivity contribution in [1.29, 1.82) is 0 Å². The summed E-state index contributed by atoms with van der Waals surface area (Å²) in [5, 5.41) is 0. The Morgan fingerprint density at radius 2 is 0.900 bits per heavy atom. The van der Waals surface area contributed by atoms with Crippen LogP contribution in [0.1, 0.15) is 61.8 Å². The molecule has 0 amide bonds. The molecule has 292 valence electrons. The van der Waals surface area contributed by atoms with Gasteiger partial charge < -0.3 is 9.80 Å². The van der Waals surface area contributed by atoms with Gasteiger partial charge in [-0.1, -0.05) is 154 Å². The zero-order chi connectivity index (χ0) is 40.3. The zero-order valence-electron chi connectivity index (χ0n) is 34.5. The molecule has 2 heteroatoms. The van der Waals surface area contributed by atoms with Crippen LogP contribution in [0.4, 0.5) is 34.1 Å². The van der Waals surface area contributed by atoms with E-state index in [9.17, 15) is 0 Å². The Bertz CT molecular complexity index is 2740. The largest absolute Gasteiger partial charge is 0.311 e. The van der Waals surface area contributed by atoms with Crippen molar-refractivity contribution >= 4 is 34.1 Å². The molecule has 2 saturated carbocycles. The molecular formula is C58H50N2. The molecule has 0 aromatic heterocycles. The minimum atomic E-state index is -0.138. The van der Waals surface area contributed by atoms with E-state index >= 15 is 0 Å². The quantitative estimate of drug-likeness (QED) is 0.144. The summed E-state index contributed by atoms with van der Waals surface area (Å²) >= 11 is 0. The predicted molar refractivity (Wildman–Crippen MR) is 251 cm³/mol. The molecule has 3 aliphatic rings. The van der Waals surface area contributed by atoms with Crippen LogP contribution in [0.25, 0.3) is 22.3 Å². The van der Waals surface area contributed by atoms with E-state index in [4.69, 9.17) is 0 Å². The number of fused-ring (bicyclic) bond motifs is 5. The molecule has 0 saturated heterocycles. The molecule has 2 nitrogen and oxygen atoms in total. The average molecular weight is 775 g/mol. The number of benzene rings is 8. The lowest BCUT2D eigenvalue weighted by atomic mass is 9.64. The fraction of sp³-hybridized carbons (Fsp3) is 0.172. The van der Waals surface area contributed by atoms with Crippen molar-refractivity contribution < 1.29 is 0 Å². The number of anilines is 6. The molecule has 0 aliphatic heterocycles. The second-order valence-corrected chi connectivity index (χ2v) is 17.8. The molecular weight excluding hydrogens is 725 g/mol. The van der Waals surface area contributed by atoms with E-state index in [1.807, 2.05) is 0 Å². The van der Waals surface area contributed by atoms with Crippen molar-refractivity contribution in [2.75, 3.05) is 9.80 Å². The lowest BCUT2D eigenvalue weighted by Crippen LogP contribution is -2.34. The Morgan fingerprint density at radius 1 is 0.417 bits per heavy atom. The van der Waals surface area contributed by atoms with Crippen molar-refractivity contribution in [3.63, 3.8) is 0 Å². The highest BCUT2D eigenvalue weighted by atomic mass is 15.1. The second kappa shape index (κ2) is 14.6. The first kappa shape index (κ1) is 36.4. The predicted octanol–water partition coefficient (Wildman–Crippen LogP) is 15.7. The number of para-hydroxylation sites is 3. The lowest BCUT2D eigenvalue weighted by molar-refractivity contribution is 0.320. The van der Waals surface area contributed by atoms with Gasteiger partial charge in [-0.05, 0) is 148 Å². The molecule has 8 aromatic rings. The van der Waals surface area contributed by atoms with Gasteiger partial charge in [0.05, 0.1) is 0 Å². The van der Waals surface area contributed by atoms with Crippen molar-refractivity contribution in [1.82, 2.24) is 0 Å². The van der Waals surface area contributed by atoms with E-state index in [2.05, 4.69) is 230 Å². The minimum Gasteiger partial charge on any atom is -0.311 e. The normalized spacial score (nSPS) is 19.4. The van der Waals surface area contributed by atoms with E-state index in [1.54, 1.807) is 0 Å². The number of rotatable bonds is 9. The van der Waals surface area contributed by atoms with Gasteiger partial charge in [0.2, 0.25) is 0 Å². The number of hydrogen-bond acceptors (Lipinski definition) is 2. The summed E-state index contributed by atoms with van der Waals surface area (Å²) in [6.45, 7) is 4.78. The van der Waals surface area contributed by atoms with E-state index in [0.29, 0.717) is 5.92 Å². The molecule has 60 heavy (non-hydrogen) atoms. The Balaban J connectivity index is 0.975. The highest BCUT2D eigenvalue weighted by Gasteiger charge is 2.52. The van der Waals surface area contributed by atoms with Crippen LogP contribution in [0.15, 0.2) is 206 Å². The van der Waals surface area contributed by atoms with Gasteiger partial charge in [0.1, 0.15) is 0 Å². The van der Waals surface area contributed by atoms with E-state index in [-0.39, 0.29) is 10.8 Å². The second-order valence-electron chi connectivity index (χ2n) is 17.8. The van der Waals surface area contributed by atoms with Crippen LogP contribution in [0.3, 0.4) is 0 Å². The van der Waals surface area contributed by atoms with Crippen molar-refractivity contribution in [2.24, 2.45) is 11.8 Å². The SMILES string of the molecule is CC1(C)c2cc(N(c3ccccc3)c3ccc(C4(c5ccc(N(c6ccccc6)c6ccccc6)cc5)CC5CCC4C5)cc3)ccc2-c2c(-c3ccccc3)cccc21. The van der Waals surface area contributed by atoms with E-state index < -0.39 is 0 Å². The van der Waals surface area contributed by atoms with Gasteiger partial charge in [0, 0.05) is 45.0 Å². The molecule has 2 fully saturated rings. The Kier molecular flexibility index (Phi) is 8.85. The maximum absolute atomic E-state index is 2.46. The lowest BCUT2D eigenvalue weighted by Gasteiger charge is -2.40. The first-order chi connectivity index (χ1) is 29.5. The molecule has 2 bridgehead atoms. The minimum absolute atomic E-state index is 0.00169. The van der Waals surface area contributed by atoms with Gasteiger partial charge in [-0.2, -0.15) is 0 Å². The first-order valence-electron chi connectivity index (χ1n) is 21.8. The standard InChI is InChI=1S/C58H50N2/c1-57(2)54-25-15-24-52(42-16-7-3-8-17-42)56(54)53-37-36-51(39-55(53)57)60(48-22-13-6-14-23-48)50-34-30-44(31-35-50)58(40-41-26-27-45(58)38-41)43-28-32-49(33-29-43)59(46-18-9-4-10-19-46)47-20-11-5-12-21-47/h3-25,28-37,39,41,45H,26-27,38,40H2,1-2H3. The van der Waals surface area contributed by atoms with Crippen molar-refractivity contribution in [2.45, 2.75) is 50.4 Å². The van der Waals surface area contributed by atoms with Crippen molar-refractivity contribution in [3.8, 4) is 22.3 Å². The summed E-state index contributed by atoms with van der Waals surface area (Å²) in [6.07, 6.45) is 5.18. The average Bonchev–Trinajstić information content (AvgIpc) is 4.00. The Morgan fingerprint density at radius 3 is 1.40 bits per heavy atom. The van der Waals surface area contributed by atoms with E-state index in [0.717, 1.165) is 23.0 Å². The summed E-state index contributed by atoms with van der Waals surface area (Å²) in [5.41, 5.74) is 17.8. The monoisotopic (exact) mass is 774 g/mol. The number of nitrogens with zero attached hydrogens (tertiary/aromatic N) is 2. The van der Waals surface area contributed by atoms with Crippen LogP contribution in [0.5, 0.6) is 0 Å². The molecule has 0 radical (unpaired) electrons. The molecule has 3 unspecified atom stereocenters. The van der Waals surface area contributed by atoms with Crippen LogP contribution in [-0.2, 0) is 10.8 Å². The van der Waals surface area contributed by atoms with Gasteiger partial charge in [-0.15, -0.1) is 0 Å². The Labute approximate surface area is 355 Å². The third-order valence-electron chi connectivity index (χ3n) is 14.2. The molecule has 0 spiro atoms. The smallest absolute Gasteiger partial charge is 0.0465 e. The van der Waals surface area contributed by atoms with Gasteiger partial charge in [-0.25, -0.2) is 0 Å². The van der Waals surface area contributed by atoms with Crippen LogP contribution < -0.4 is 9.80 Å². The van der Waals surface area contributed by atoms with E-state index in [1.165, 1.54) is 87.3 Å². The molecule has 8 aromatic carbocycles. The fourth-order valence-electron chi connectivity index (χ4n) is 11.4. The highest BCUT2D eigenvalue weighted by Crippen LogP contribution is 2.61. The highest BCUT2D eigenvalue weighted by molar-refractivity contribution is 5.94. The van der Waals surface area contributed by atoms with Gasteiger partial charge >= 0.3 is 0 Å². The third kappa shape index (κ3) is 5.92. The Hall–Kier alpha value is -6.64. The summed E-state index contributed by atoms with van der Waals surface area (Å²) in [7, 11) is 0. The zero-order valence-corrected chi connectivity index (χ0v) is 34.5. The van der Waals surface area contributed by atoms with Gasteiger partial charge in [0.25, 0.3) is 0 Å². The third-order valence-corrected chi connectivity index (χ3v) is 14.2. The maximum Gasteiger partial charge on any atom is 0.0465 e. The first-order valence-corrected chi connectivity index (χ1v) is 21.8. The molecule has 11 rings (SSSR count). The van der Waals surface area contributed by atoms with Crippen LogP contribution in [-0.4, -0.2) is 0 Å². The molecule has 3 aliphatic carbocycles. The van der Waals surface area contributed by atoms with Crippen molar-refractivity contribution in [3.05, 3.63) is 229 Å². The molecule has 0 N–H and O–H groups in total. The van der Waals surface area contributed by atoms with Crippen LogP contribution >= 0.6 is 0 Å². The van der Waals surface area contributed by atoms with Gasteiger partial charge in [0.15, 0.2) is 0 Å². The molecule has 0 heterocycles. The summed E-state index contributed by atoms with van der Waals surface area (Å²) in [6, 6.07) is 76.5. The topological polar surface area (TPSA) is 6.48 Å². The maximum atomic E-state index is 2.46. The summed E-state index contributed by atoms with van der Waals surface area (Å²) in [4.78, 5) is 4.82. The fourth-order valence-corrected chi connectivity index (χ4v) is 11.4. The van der Waals surface area contributed by atoms with Gasteiger partial charge in [-0.3, -0.25) is 0 Å².